The zero-order valence-electron chi connectivity index (χ0n) is 6.31. The molecule has 0 aliphatic carbocycles. The number of carbonyl (C=O) groups excluding carboxylic acids is 1. The Morgan fingerprint density at radius 3 is 2.82 bits per heavy atom. The highest BCUT2D eigenvalue weighted by atomic mass is 35.5. The molecule has 0 radical (unpaired) electrons. The number of halogens is 2. The summed E-state index contributed by atoms with van der Waals surface area (Å²) in [5, 5.41) is 3.17. The minimum absolute atomic E-state index is 0. The molecule has 1 atom stereocenters. The second-order valence-electron chi connectivity index (χ2n) is 2.64. The van der Waals surface area contributed by atoms with Crippen LogP contribution >= 0.6 is 24.0 Å². The van der Waals surface area contributed by atoms with Crippen molar-refractivity contribution in [3.8, 4) is 0 Å². The Morgan fingerprint density at radius 1 is 1.64 bits per heavy atom. The molecule has 1 unspecified atom stereocenters. The number of hydrogen-bond acceptors (Lipinski definition) is 2. The highest BCUT2D eigenvalue weighted by Crippen LogP contribution is 2.11. The van der Waals surface area contributed by atoms with Crippen molar-refractivity contribution in [2.75, 3.05) is 19.0 Å². The fourth-order valence-electron chi connectivity index (χ4n) is 1.24. The van der Waals surface area contributed by atoms with Gasteiger partial charge >= 0.3 is 0 Å². The van der Waals surface area contributed by atoms with Crippen molar-refractivity contribution < 1.29 is 4.79 Å². The van der Waals surface area contributed by atoms with Crippen molar-refractivity contribution in [1.82, 2.24) is 5.32 Å². The van der Waals surface area contributed by atoms with Gasteiger partial charge in [0.15, 0.2) is 5.78 Å². The van der Waals surface area contributed by atoms with E-state index in [0.717, 1.165) is 25.9 Å². The Bertz CT molecular complexity index is 124. The monoisotopic (exact) mass is 197 g/mol. The molecule has 0 aromatic carbocycles. The number of carbonyl (C=O) groups is 1. The van der Waals surface area contributed by atoms with Crippen molar-refractivity contribution in [2.45, 2.75) is 12.8 Å². The van der Waals surface area contributed by atoms with E-state index in [0.29, 0.717) is 0 Å². The van der Waals surface area contributed by atoms with Gasteiger partial charge in [0.1, 0.15) is 0 Å². The normalized spacial score (nSPS) is 23.9. The lowest BCUT2D eigenvalue weighted by Gasteiger charge is -2.20. The molecular formula is C7H13Cl2NO. The molecule has 4 heteroatoms. The van der Waals surface area contributed by atoms with Crippen molar-refractivity contribution in [3.63, 3.8) is 0 Å². The fourth-order valence-corrected chi connectivity index (χ4v) is 1.45. The zero-order valence-corrected chi connectivity index (χ0v) is 7.88. The zero-order chi connectivity index (χ0) is 7.40. The highest BCUT2D eigenvalue weighted by molar-refractivity contribution is 6.27. The predicted molar refractivity (Wildman–Crippen MR) is 48.6 cm³/mol. The van der Waals surface area contributed by atoms with E-state index in [2.05, 4.69) is 5.32 Å². The molecule has 0 aromatic rings. The van der Waals surface area contributed by atoms with Crippen molar-refractivity contribution in [2.24, 2.45) is 5.92 Å². The van der Waals surface area contributed by atoms with Gasteiger partial charge in [0, 0.05) is 12.5 Å². The van der Waals surface area contributed by atoms with Crippen LogP contribution in [-0.4, -0.2) is 24.8 Å². The summed E-state index contributed by atoms with van der Waals surface area (Å²) in [5.41, 5.74) is 0. The van der Waals surface area contributed by atoms with Gasteiger partial charge in [0.05, 0.1) is 5.88 Å². The average molecular weight is 198 g/mol. The summed E-state index contributed by atoms with van der Waals surface area (Å²) in [7, 11) is 0. The van der Waals surface area contributed by atoms with Gasteiger partial charge in [-0.2, -0.15) is 0 Å². The van der Waals surface area contributed by atoms with Crippen molar-refractivity contribution in [3.05, 3.63) is 0 Å². The van der Waals surface area contributed by atoms with Gasteiger partial charge in [-0.05, 0) is 19.4 Å². The minimum atomic E-state index is 0. The van der Waals surface area contributed by atoms with E-state index in [1.165, 1.54) is 0 Å². The third kappa shape index (κ3) is 3.41. The summed E-state index contributed by atoms with van der Waals surface area (Å²) in [4.78, 5) is 11.0. The van der Waals surface area contributed by atoms with Gasteiger partial charge in [-0.1, -0.05) is 0 Å². The van der Waals surface area contributed by atoms with Crippen LogP contribution in [0.2, 0.25) is 0 Å². The molecule has 0 amide bonds. The number of hydrogen-bond donors (Lipinski definition) is 1. The number of Topliss-reactive ketones (excluding diaryl/α,β-unsaturated/α-hetero) is 1. The lowest BCUT2D eigenvalue weighted by Crippen LogP contribution is -2.34. The first-order valence-corrected chi connectivity index (χ1v) is 4.17. The summed E-state index contributed by atoms with van der Waals surface area (Å²) in [6.45, 7) is 1.87. The summed E-state index contributed by atoms with van der Waals surface area (Å²) >= 11 is 5.41. The van der Waals surface area contributed by atoms with Crippen LogP contribution in [0.3, 0.4) is 0 Å². The smallest absolute Gasteiger partial charge is 0.151 e. The Morgan fingerprint density at radius 2 is 2.36 bits per heavy atom. The van der Waals surface area contributed by atoms with E-state index < -0.39 is 0 Å². The lowest BCUT2D eigenvalue weighted by atomic mass is 9.96. The molecule has 0 saturated carbocycles. The SMILES string of the molecule is Cl.O=C(CCl)C1CCCNC1. The fraction of sp³-hybridized carbons (Fsp3) is 0.857. The molecule has 2 nitrogen and oxygen atoms in total. The Labute approximate surface area is 78.1 Å². The maximum Gasteiger partial charge on any atom is 0.151 e. The van der Waals surface area contributed by atoms with Crippen LogP contribution in [0.5, 0.6) is 0 Å². The predicted octanol–water partition coefficient (Wildman–Crippen LogP) is 1.22. The van der Waals surface area contributed by atoms with Gasteiger partial charge in [-0.25, -0.2) is 0 Å². The summed E-state index contributed by atoms with van der Waals surface area (Å²) in [5.74, 6) is 0.548. The summed E-state index contributed by atoms with van der Waals surface area (Å²) in [6, 6.07) is 0. The second-order valence-corrected chi connectivity index (χ2v) is 2.91. The van der Waals surface area contributed by atoms with Gasteiger partial charge in [0.2, 0.25) is 0 Å². The second kappa shape index (κ2) is 5.81. The highest BCUT2D eigenvalue weighted by Gasteiger charge is 2.19. The summed E-state index contributed by atoms with van der Waals surface area (Å²) < 4.78 is 0. The third-order valence-electron chi connectivity index (χ3n) is 1.88. The van der Waals surface area contributed by atoms with E-state index >= 15 is 0 Å². The largest absolute Gasteiger partial charge is 0.316 e. The van der Waals surface area contributed by atoms with Crippen molar-refractivity contribution >= 4 is 29.8 Å². The molecule has 1 aliphatic rings. The Hall–Kier alpha value is 0.210. The van der Waals surface area contributed by atoms with E-state index in [-0.39, 0.29) is 30.0 Å². The maximum absolute atomic E-state index is 11.0. The Kier molecular flexibility index (Phi) is 5.92. The topological polar surface area (TPSA) is 29.1 Å². The first kappa shape index (κ1) is 11.2. The minimum Gasteiger partial charge on any atom is -0.316 e. The van der Waals surface area contributed by atoms with Gasteiger partial charge in [-0.15, -0.1) is 24.0 Å². The maximum atomic E-state index is 11.0. The van der Waals surface area contributed by atoms with Crippen LogP contribution in [0.15, 0.2) is 0 Å². The van der Waals surface area contributed by atoms with Crippen LogP contribution in [0.4, 0.5) is 0 Å². The van der Waals surface area contributed by atoms with E-state index in [1.807, 2.05) is 0 Å². The van der Waals surface area contributed by atoms with Crippen LogP contribution in [0.1, 0.15) is 12.8 Å². The first-order chi connectivity index (χ1) is 4.84. The molecule has 66 valence electrons. The molecule has 1 rings (SSSR count). The molecule has 1 N–H and O–H groups in total. The van der Waals surface area contributed by atoms with Crippen molar-refractivity contribution in [1.29, 1.82) is 0 Å². The number of nitrogens with one attached hydrogen (secondary N) is 1. The number of alkyl halides is 1. The van der Waals surface area contributed by atoms with E-state index in [1.54, 1.807) is 0 Å². The molecular weight excluding hydrogens is 185 g/mol. The molecule has 1 heterocycles. The summed E-state index contributed by atoms with van der Waals surface area (Å²) in [6.07, 6.45) is 2.12. The number of rotatable bonds is 2. The molecule has 0 spiro atoms. The molecule has 1 aliphatic heterocycles. The first-order valence-electron chi connectivity index (χ1n) is 3.64. The number of ketones is 1. The molecule has 1 saturated heterocycles. The van der Waals surface area contributed by atoms with Gasteiger partial charge in [0.25, 0.3) is 0 Å². The van der Waals surface area contributed by atoms with Gasteiger partial charge < -0.3 is 5.32 Å². The average Bonchev–Trinajstić information content (AvgIpc) is 2.05. The third-order valence-corrected chi connectivity index (χ3v) is 2.15. The quantitative estimate of drug-likeness (QED) is 0.676. The standard InChI is InChI=1S/C7H12ClNO.ClH/c8-4-7(10)6-2-1-3-9-5-6;/h6,9H,1-5H2;1H. The van der Waals surface area contributed by atoms with E-state index in [4.69, 9.17) is 11.6 Å². The van der Waals surface area contributed by atoms with Crippen LogP contribution in [-0.2, 0) is 4.79 Å². The van der Waals surface area contributed by atoms with Crippen LogP contribution in [0.25, 0.3) is 0 Å². The molecule has 1 fully saturated rings. The molecule has 0 bridgehead atoms. The number of piperidine rings is 1. The van der Waals surface area contributed by atoms with E-state index in [9.17, 15) is 4.79 Å². The van der Waals surface area contributed by atoms with Gasteiger partial charge in [-0.3, -0.25) is 4.79 Å². The van der Waals surface area contributed by atoms with Crippen LogP contribution in [0, 0.1) is 5.92 Å². The van der Waals surface area contributed by atoms with Crippen LogP contribution < -0.4 is 5.32 Å². The Balaban J connectivity index is 0.000001000. The molecule has 0 aromatic heterocycles. The molecule has 11 heavy (non-hydrogen) atoms. The lowest BCUT2D eigenvalue weighted by molar-refractivity contribution is -0.120.